The lowest BCUT2D eigenvalue weighted by molar-refractivity contribution is 0.252. The van der Waals surface area contributed by atoms with Crippen LogP contribution in [0, 0.1) is 5.82 Å². The molecule has 0 spiro atoms. The largest absolute Gasteiger partial charge is 0.382 e. The smallest absolute Gasteiger partial charge is 0.319 e. The topological polar surface area (TPSA) is 97.9 Å². The van der Waals surface area contributed by atoms with Gasteiger partial charge in [-0.25, -0.2) is 19.2 Å². The number of hydrogen-bond acceptors (Lipinski definition) is 4. The van der Waals surface area contributed by atoms with Crippen molar-refractivity contribution < 1.29 is 9.18 Å². The molecule has 0 fully saturated rings. The second kappa shape index (κ2) is 10.3. The molecule has 0 aliphatic heterocycles. The van der Waals surface area contributed by atoms with E-state index in [0.29, 0.717) is 18.1 Å². The van der Waals surface area contributed by atoms with Gasteiger partial charge >= 0.3 is 6.03 Å². The number of nitrogen functional groups attached to an aromatic ring is 1. The SMILES string of the molecule is CCCCc1nc2c(N)nc3ccccc3c2n1CCCCNC(=O)Nc1cccc(F)c1. The first-order chi connectivity index (χ1) is 16.1. The third kappa shape index (κ3) is 5.22. The number of aromatic nitrogens is 3. The molecule has 2 heterocycles. The number of anilines is 2. The Labute approximate surface area is 192 Å². The minimum atomic E-state index is -0.386. The van der Waals surface area contributed by atoms with Crippen molar-refractivity contribution in [2.45, 2.75) is 45.6 Å². The molecule has 0 aliphatic rings. The van der Waals surface area contributed by atoms with E-state index in [-0.39, 0.29) is 11.8 Å². The molecule has 8 heteroatoms. The van der Waals surface area contributed by atoms with Gasteiger partial charge in [-0.2, -0.15) is 0 Å². The second-order valence-electron chi connectivity index (χ2n) is 8.09. The normalized spacial score (nSPS) is 11.2. The molecule has 4 aromatic rings. The summed E-state index contributed by atoms with van der Waals surface area (Å²) in [6.45, 7) is 3.46. The van der Waals surface area contributed by atoms with Gasteiger partial charge in [0.1, 0.15) is 17.2 Å². The quantitative estimate of drug-likeness (QED) is 0.305. The molecule has 0 radical (unpaired) electrons. The van der Waals surface area contributed by atoms with Crippen molar-refractivity contribution in [3.05, 3.63) is 60.2 Å². The van der Waals surface area contributed by atoms with E-state index in [2.05, 4.69) is 33.2 Å². The number of benzene rings is 2. The van der Waals surface area contributed by atoms with E-state index in [9.17, 15) is 9.18 Å². The van der Waals surface area contributed by atoms with Crippen LogP contribution in [0.15, 0.2) is 48.5 Å². The summed E-state index contributed by atoms with van der Waals surface area (Å²) in [6.07, 6.45) is 4.68. The maximum Gasteiger partial charge on any atom is 0.319 e. The van der Waals surface area contributed by atoms with Gasteiger partial charge in [-0.15, -0.1) is 0 Å². The lowest BCUT2D eigenvalue weighted by Crippen LogP contribution is -2.29. The number of fused-ring (bicyclic) bond motifs is 3. The number of nitrogens with one attached hydrogen (secondary N) is 2. The van der Waals surface area contributed by atoms with Crippen LogP contribution in [0.1, 0.15) is 38.4 Å². The van der Waals surface area contributed by atoms with Crippen molar-refractivity contribution in [2.75, 3.05) is 17.6 Å². The van der Waals surface area contributed by atoms with Gasteiger partial charge in [0.25, 0.3) is 0 Å². The van der Waals surface area contributed by atoms with E-state index in [0.717, 1.165) is 66.4 Å². The summed E-state index contributed by atoms with van der Waals surface area (Å²) in [5.74, 6) is 1.09. The molecule has 33 heavy (non-hydrogen) atoms. The van der Waals surface area contributed by atoms with Crippen LogP contribution in [0.2, 0.25) is 0 Å². The molecule has 0 saturated carbocycles. The van der Waals surface area contributed by atoms with Crippen LogP contribution in [0.5, 0.6) is 0 Å². The summed E-state index contributed by atoms with van der Waals surface area (Å²) < 4.78 is 15.5. The maximum atomic E-state index is 13.3. The van der Waals surface area contributed by atoms with Gasteiger partial charge in [0.05, 0.1) is 11.0 Å². The van der Waals surface area contributed by atoms with E-state index in [4.69, 9.17) is 10.7 Å². The fraction of sp³-hybridized carbons (Fsp3) is 0.320. The Morgan fingerprint density at radius 3 is 2.76 bits per heavy atom. The maximum absolute atomic E-state index is 13.3. The van der Waals surface area contributed by atoms with Gasteiger partial charge in [-0.05, 0) is 43.5 Å². The summed E-state index contributed by atoms with van der Waals surface area (Å²) in [6, 6.07) is 13.5. The number of nitrogens with two attached hydrogens (primary N) is 1. The Balaban J connectivity index is 1.43. The number of nitrogens with zero attached hydrogens (tertiary/aromatic N) is 3. The average Bonchev–Trinajstić information content (AvgIpc) is 3.17. The minimum Gasteiger partial charge on any atom is -0.382 e. The Bertz CT molecular complexity index is 1270. The molecule has 7 nitrogen and oxygen atoms in total. The number of hydrogen-bond donors (Lipinski definition) is 3. The highest BCUT2D eigenvalue weighted by atomic mass is 19.1. The Kier molecular flexibility index (Phi) is 7.02. The number of halogens is 1. The lowest BCUT2D eigenvalue weighted by Gasteiger charge is -2.12. The molecule has 0 aliphatic carbocycles. The standard InChI is InChI=1S/C25H29FN6O/c1-2-3-13-21-31-22-23(19-11-4-5-12-20(19)30-24(22)27)32(21)15-7-6-14-28-25(33)29-18-10-8-9-17(26)16-18/h4-5,8-12,16H,2-3,6-7,13-15H2,1H3,(H2,27,30)(H2,28,29,33). The molecule has 0 unspecified atom stereocenters. The van der Waals surface area contributed by atoms with Crippen molar-refractivity contribution in [2.24, 2.45) is 0 Å². The first-order valence-electron chi connectivity index (χ1n) is 11.4. The fourth-order valence-corrected chi connectivity index (χ4v) is 4.01. The number of aryl methyl sites for hydroxylation is 2. The number of pyridine rings is 1. The van der Waals surface area contributed by atoms with Gasteiger partial charge in [0.15, 0.2) is 5.82 Å². The summed E-state index contributed by atoms with van der Waals surface area (Å²) in [5, 5.41) is 6.52. The van der Waals surface area contributed by atoms with Gasteiger partial charge in [-0.1, -0.05) is 37.6 Å². The molecule has 4 N–H and O–H groups in total. The molecule has 172 valence electrons. The van der Waals surface area contributed by atoms with E-state index in [1.54, 1.807) is 12.1 Å². The highest BCUT2D eigenvalue weighted by Crippen LogP contribution is 2.29. The fourth-order valence-electron chi connectivity index (χ4n) is 4.01. The van der Waals surface area contributed by atoms with E-state index < -0.39 is 0 Å². The molecule has 2 aromatic heterocycles. The van der Waals surface area contributed by atoms with E-state index in [1.165, 1.54) is 12.1 Å². The first kappa shape index (κ1) is 22.5. The zero-order valence-electron chi connectivity index (χ0n) is 18.8. The van der Waals surface area contributed by atoms with Crippen LogP contribution in [0.3, 0.4) is 0 Å². The summed E-state index contributed by atoms with van der Waals surface area (Å²) >= 11 is 0. The Morgan fingerprint density at radius 2 is 1.94 bits per heavy atom. The summed E-state index contributed by atoms with van der Waals surface area (Å²) in [7, 11) is 0. The van der Waals surface area contributed by atoms with Crippen LogP contribution < -0.4 is 16.4 Å². The van der Waals surface area contributed by atoms with Crippen molar-refractivity contribution in [1.29, 1.82) is 0 Å². The lowest BCUT2D eigenvalue weighted by atomic mass is 10.2. The first-order valence-corrected chi connectivity index (χ1v) is 11.4. The average molecular weight is 449 g/mol. The molecular formula is C25H29FN6O. The minimum absolute atomic E-state index is 0.345. The summed E-state index contributed by atoms with van der Waals surface area (Å²) in [5.41, 5.74) is 9.33. The molecule has 0 atom stereocenters. The molecular weight excluding hydrogens is 419 g/mol. The van der Waals surface area contributed by atoms with Crippen LogP contribution in [0.4, 0.5) is 20.7 Å². The Morgan fingerprint density at radius 1 is 1.09 bits per heavy atom. The number of amides is 2. The zero-order chi connectivity index (χ0) is 23.2. The predicted molar refractivity (Wildman–Crippen MR) is 131 cm³/mol. The monoisotopic (exact) mass is 448 g/mol. The van der Waals surface area contributed by atoms with Gasteiger partial charge < -0.3 is 20.9 Å². The summed E-state index contributed by atoms with van der Waals surface area (Å²) in [4.78, 5) is 21.4. The molecule has 2 amide bonds. The van der Waals surface area contributed by atoms with Gasteiger partial charge in [0, 0.05) is 30.6 Å². The van der Waals surface area contributed by atoms with Crippen molar-refractivity contribution in [3.8, 4) is 0 Å². The van der Waals surface area contributed by atoms with E-state index >= 15 is 0 Å². The van der Waals surface area contributed by atoms with Crippen LogP contribution in [-0.2, 0) is 13.0 Å². The van der Waals surface area contributed by atoms with Crippen LogP contribution >= 0.6 is 0 Å². The Hall–Kier alpha value is -3.68. The van der Waals surface area contributed by atoms with Crippen molar-refractivity contribution >= 4 is 39.5 Å². The van der Waals surface area contributed by atoms with Gasteiger partial charge in [-0.3, -0.25) is 0 Å². The number of rotatable bonds is 9. The molecule has 0 bridgehead atoms. The van der Waals surface area contributed by atoms with Crippen molar-refractivity contribution in [1.82, 2.24) is 19.9 Å². The molecule has 2 aromatic carbocycles. The van der Waals surface area contributed by atoms with Crippen LogP contribution in [-0.4, -0.2) is 27.1 Å². The highest BCUT2D eigenvalue weighted by molar-refractivity contribution is 6.06. The zero-order valence-corrected chi connectivity index (χ0v) is 18.8. The predicted octanol–water partition coefficient (Wildman–Crippen LogP) is 5.25. The molecule has 4 rings (SSSR count). The number of carbonyl (C=O) groups is 1. The van der Waals surface area contributed by atoms with Crippen LogP contribution in [0.25, 0.3) is 21.9 Å². The van der Waals surface area contributed by atoms with E-state index in [1.807, 2.05) is 18.2 Å². The third-order valence-electron chi connectivity index (χ3n) is 5.62. The number of carbonyl (C=O) groups excluding carboxylic acids is 1. The van der Waals surface area contributed by atoms with Gasteiger partial charge in [0.2, 0.25) is 0 Å². The number of urea groups is 1. The highest BCUT2D eigenvalue weighted by Gasteiger charge is 2.16. The van der Waals surface area contributed by atoms with Crippen molar-refractivity contribution in [3.63, 3.8) is 0 Å². The number of imidazole rings is 1. The molecule has 0 saturated heterocycles. The second-order valence-corrected chi connectivity index (χ2v) is 8.09. The number of unbranched alkanes of at least 4 members (excludes halogenated alkanes) is 2. The third-order valence-corrected chi connectivity index (χ3v) is 5.62. The number of para-hydroxylation sites is 1.